The van der Waals surface area contributed by atoms with Crippen molar-refractivity contribution in [3.8, 4) is 11.5 Å². The minimum atomic E-state index is -0.955. The highest BCUT2D eigenvalue weighted by molar-refractivity contribution is 5.77. The lowest BCUT2D eigenvalue weighted by molar-refractivity contribution is -0.148. The number of carboxylic acids is 1. The van der Waals surface area contributed by atoms with Crippen molar-refractivity contribution in [2.45, 2.75) is 32.9 Å². The normalized spacial score (nSPS) is 11.9. The van der Waals surface area contributed by atoms with Crippen molar-refractivity contribution in [2.75, 3.05) is 7.05 Å². The van der Waals surface area contributed by atoms with Gasteiger partial charge in [0.2, 0.25) is 5.89 Å². The Morgan fingerprint density at radius 1 is 1.33 bits per heavy atom. The molecular formula is C16H20N2O3. The van der Waals surface area contributed by atoms with Crippen LogP contribution in [0.3, 0.4) is 0 Å². The number of oxazole rings is 1. The Bertz CT molecular complexity index is 629. The molecule has 0 aliphatic carbocycles. The van der Waals surface area contributed by atoms with E-state index in [0.717, 1.165) is 5.56 Å². The molecule has 0 amide bonds. The quantitative estimate of drug-likeness (QED) is 0.916. The summed E-state index contributed by atoms with van der Waals surface area (Å²) >= 11 is 0. The van der Waals surface area contributed by atoms with Crippen molar-refractivity contribution < 1.29 is 14.3 Å². The molecule has 0 atom stereocenters. The van der Waals surface area contributed by atoms with Crippen LogP contribution in [0.2, 0.25) is 0 Å². The van der Waals surface area contributed by atoms with E-state index in [9.17, 15) is 9.90 Å². The van der Waals surface area contributed by atoms with Gasteiger partial charge in [-0.1, -0.05) is 17.7 Å². The molecule has 0 saturated heterocycles. The predicted octanol–water partition coefficient (Wildman–Crippen LogP) is 2.95. The monoisotopic (exact) mass is 288 g/mol. The maximum atomic E-state index is 11.2. The van der Waals surface area contributed by atoms with E-state index in [4.69, 9.17) is 4.42 Å². The van der Waals surface area contributed by atoms with Crippen LogP contribution in [0.25, 0.3) is 11.5 Å². The fourth-order valence-electron chi connectivity index (χ4n) is 1.81. The topological polar surface area (TPSA) is 66.6 Å². The molecule has 0 spiro atoms. The molecule has 1 aromatic heterocycles. The number of rotatable bonds is 5. The highest BCUT2D eigenvalue weighted by Gasteiger charge is 2.32. The summed E-state index contributed by atoms with van der Waals surface area (Å²) in [7, 11) is 1.76. The van der Waals surface area contributed by atoms with Gasteiger partial charge in [0.1, 0.15) is 11.8 Å². The molecule has 1 heterocycles. The first-order chi connectivity index (χ1) is 9.80. The molecule has 0 unspecified atom stereocenters. The van der Waals surface area contributed by atoms with Crippen molar-refractivity contribution in [3.63, 3.8) is 0 Å². The molecule has 112 valence electrons. The third-order valence-corrected chi connectivity index (χ3v) is 3.73. The highest BCUT2D eigenvalue weighted by Crippen LogP contribution is 2.21. The third-order valence-electron chi connectivity index (χ3n) is 3.73. The van der Waals surface area contributed by atoms with Gasteiger partial charge in [-0.15, -0.1) is 0 Å². The number of likely N-dealkylation sites (N-methyl/N-ethyl adjacent to an activating group) is 1. The Labute approximate surface area is 124 Å². The molecule has 1 aromatic carbocycles. The van der Waals surface area contributed by atoms with E-state index in [0.29, 0.717) is 18.1 Å². The molecule has 0 fully saturated rings. The summed E-state index contributed by atoms with van der Waals surface area (Å²) in [6.45, 7) is 5.76. The van der Waals surface area contributed by atoms with Gasteiger partial charge in [-0.3, -0.25) is 9.69 Å². The van der Waals surface area contributed by atoms with E-state index >= 15 is 0 Å². The molecule has 2 aromatic rings. The summed E-state index contributed by atoms with van der Waals surface area (Å²) < 4.78 is 5.48. The van der Waals surface area contributed by atoms with Gasteiger partial charge < -0.3 is 9.52 Å². The second-order valence-electron chi connectivity index (χ2n) is 5.73. The SMILES string of the molecule is Cc1ccc(-c2nc(CN(C)C(C)(C)C(=O)O)co2)cc1. The molecule has 0 radical (unpaired) electrons. The molecule has 2 rings (SSSR count). The summed E-state index contributed by atoms with van der Waals surface area (Å²) in [6, 6.07) is 7.91. The molecule has 0 bridgehead atoms. The molecule has 21 heavy (non-hydrogen) atoms. The Hall–Kier alpha value is -2.14. The van der Waals surface area contributed by atoms with Gasteiger partial charge in [-0.2, -0.15) is 0 Å². The summed E-state index contributed by atoms with van der Waals surface area (Å²) in [5.74, 6) is -0.321. The van der Waals surface area contributed by atoms with Crippen LogP contribution in [0.4, 0.5) is 0 Å². The number of aromatic nitrogens is 1. The molecule has 0 aliphatic heterocycles. The summed E-state index contributed by atoms with van der Waals surface area (Å²) in [5, 5.41) is 9.21. The van der Waals surface area contributed by atoms with Gasteiger partial charge in [-0.05, 0) is 40.0 Å². The van der Waals surface area contributed by atoms with Gasteiger partial charge in [-0.25, -0.2) is 4.98 Å². The van der Waals surface area contributed by atoms with Gasteiger partial charge in [0, 0.05) is 12.1 Å². The smallest absolute Gasteiger partial charge is 0.323 e. The minimum absolute atomic E-state index is 0.411. The van der Waals surface area contributed by atoms with Crippen LogP contribution in [-0.4, -0.2) is 33.5 Å². The number of aryl methyl sites for hydroxylation is 1. The van der Waals surface area contributed by atoms with Gasteiger partial charge >= 0.3 is 5.97 Å². The summed E-state index contributed by atoms with van der Waals surface area (Å²) in [6.07, 6.45) is 1.57. The lowest BCUT2D eigenvalue weighted by Crippen LogP contribution is -2.47. The van der Waals surface area contributed by atoms with Gasteiger partial charge in [0.25, 0.3) is 0 Å². The molecule has 1 N–H and O–H groups in total. The lowest BCUT2D eigenvalue weighted by Gasteiger charge is -2.30. The van der Waals surface area contributed by atoms with Crippen molar-refractivity contribution >= 4 is 5.97 Å². The van der Waals surface area contributed by atoms with Gasteiger partial charge in [0.05, 0.1) is 5.69 Å². The van der Waals surface area contributed by atoms with Crippen molar-refractivity contribution in [1.82, 2.24) is 9.88 Å². The fraction of sp³-hybridized carbons (Fsp3) is 0.375. The Kier molecular flexibility index (Phi) is 4.14. The van der Waals surface area contributed by atoms with E-state index in [1.807, 2.05) is 31.2 Å². The summed E-state index contributed by atoms with van der Waals surface area (Å²) in [5.41, 5.74) is 1.84. The van der Waals surface area contributed by atoms with Crippen molar-refractivity contribution in [3.05, 3.63) is 41.8 Å². The third kappa shape index (κ3) is 3.31. The van der Waals surface area contributed by atoms with Crippen LogP contribution in [0.1, 0.15) is 25.1 Å². The second-order valence-corrected chi connectivity index (χ2v) is 5.73. The number of hydrogen-bond donors (Lipinski definition) is 1. The maximum Gasteiger partial charge on any atom is 0.323 e. The van der Waals surface area contributed by atoms with E-state index in [-0.39, 0.29) is 0 Å². The molecular weight excluding hydrogens is 268 g/mol. The molecule has 0 saturated carbocycles. The lowest BCUT2D eigenvalue weighted by atomic mass is 10.0. The Balaban J connectivity index is 2.14. The van der Waals surface area contributed by atoms with Crippen molar-refractivity contribution in [2.24, 2.45) is 0 Å². The van der Waals surface area contributed by atoms with Crippen LogP contribution in [0.5, 0.6) is 0 Å². The van der Waals surface area contributed by atoms with Crippen molar-refractivity contribution in [1.29, 1.82) is 0 Å². The largest absolute Gasteiger partial charge is 0.480 e. The minimum Gasteiger partial charge on any atom is -0.480 e. The van der Waals surface area contributed by atoms with Crippen LogP contribution in [0, 0.1) is 6.92 Å². The predicted molar refractivity (Wildman–Crippen MR) is 79.9 cm³/mol. The van der Waals surface area contributed by atoms with Crippen LogP contribution in [0.15, 0.2) is 34.9 Å². The number of hydrogen-bond acceptors (Lipinski definition) is 4. The zero-order chi connectivity index (χ0) is 15.6. The molecule has 0 aliphatic rings. The van der Waals surface area contributed by atoms with E-state index in [1.54, 1.807) is 32.1 Å². The molecule has 5 nitrogen and oxygen atoms in total. The van der Waals surface area contributed by atoms with Crippen LogP contribution < -0.4 is 0 Å². The maximum absolute atomic E-state index is 11.2. The number of benzene rings is 1. The number of carbonyl (C=O) groups is 1. The highest BCUT2D eigenvalue weighted by atomic mass is 16.4. The van der Waals surface area contributed by atoms with E-state index in [2.05, 4.69) is 4.98 Å². The standard InChI is InChI=1S/C16H20N2O3/c1-11-5-7-12(8-6-11)14-17-13(10-21-14)9-18(4)16(2,3)15(19)20/h5-8,10H,9H2,1-4H3,(H,19,20). The zero-order valence-corrected chi connectivity index (χ0v) is 12.8. The van der Waals surface area contributed by atoms with E-state index < -0.39 is 11.5 Å². The molecule has 5 heteroatoms. The number of carboxylic acid groups (broad SMARTS) is 1. The van der Waals surface area contributed by atoms with Gasteiger partial charge in [0.15, 0.2) is 0 Å². The fourth-order valence-corrected chi connectivity index (χ4v) is 1.81. The first-order valence-electron chi connectivity index (χ1n) is 6.77. The Morgan fingerprint density at radius 2 is 1.95 bits per heavy atom. The first-order valence-corrected chi connectivity index (χ1v) is 6.77. The van der Waals surface area contributed by atoms with E-state index in [1.165, 1.54) is 5.56 Å². The van der Waals surface area contributed by atoms with Crippen LogP contribution in [-0.2, 0) is 11.3 Å². The zero-order valence-electron chi connectivity index (χ0n) is 12.8. The van der Waals surface area contributed by atoms with Crippen LogP contribution >= 0.6 is 0 Å². The summed E-state index contributed by atoms with van der Waals surface area (Å²) in [4.78, 5) is 17.4. The Morgan fingerprint density at radius 3 is 2.52 bits per heavy atom. The number of aliphatic carboxylic acids is 1. The average molecular weight is 288 g/mol. The second kappa shape index (κ2) is 5.69. The average Bonchev–Trinajstić information content (AvgIpc) is 2.87. The number of nitrogens with zero attached hydrogens (tertiary/aromatic N) is 2. The first kappa shape index (κ1) is 15.3.